The van der Waals surface area contributed by atoms with Gasteiger partial charge < -0.3 is 15.5 Å². The molecule has 1 saturated heterocycles. The van der Waals surface area contributed by atoms with Gasteiger partial charge in [0.05, 0.1) is 6.54 Å². The number of halogens is 1. The Morgan fingerprint density at radius 2 is 1.92 bits per heavy atom. The molecule has 0 saturated carbocycles. The van der Waals surface area contributed by atoms with E-state index in [1.54, 1.807) is 4.90 Å². The summed E-state index contributed by atoms with van der Waals surface area (Å²) in [7, 11) is 0. The van der Waals surface area contributed by atoms with Gasteiger partial charge in [-0.3, -0.25) is 9.59 Å². The Balaban J connectivity index is 1.53. The van der Waals surface area contributed by atoms with Crippen LogP contribution in [0, 0.1) is 0 Å². The van der Waals surface area contributed by atoms with E-state index in [4.69, 9.17) is 0 Å². The summed E-state index contributed by atoms with van der Waals surface area (Å²) in [6, 6.07) is 15.0. The lowest BCUT2D eigenvalue weighted by molar-refractivity contribution is -0.117. The van der Waals surface area contributed by atoms with Crippen LogP contribution < -0.4 is 15.5 Å². The molecule has 2 amide bonds. The fourth-order valence-corrected chi connectivity index (χ4v) is 3.03. The third kappa shape index (κ3) is 4.14. The molecule has 2 aromatic rings. The fourth-order valence-electron chi connectivity index (χ4n) is 2.63. The van der Waals surface area contributed by atoms with E-state index in [-0.39, 0.29) is 18.4 Å². The largest absolute Gasteiger partial charge is 0.376 e. The summed E-state index contributed by atoms with van der Waals surface area (Å²) in [5.41, 5.74) is 2.47. The monoisotopic (exact) mass is 387 g/mol. The van der Waals surface area contributed by atoms with Gasteiger partial charge in [0.25, 0.3) is 0 Å². The smallest absolute Gasteiger partial charge is 0.243 e. The maximum absolute atomic E-state index is 12.0. The minimum Gasteiger partial charge on any atom is -0.376 e. The van der Waals surface area contributed by atoms with Crippen LogP contribution in [0.2, 0.25) is 0 Å². The van der Waals surface area contributed by atoms with Gasteiger partial charge in [0, 0.05) is 34.5 Å². The van der Waals surface area contributed by atoms with Crippen molar-refractivity contribution in [1.82, 2.24) is 0 Å². The summed E-state index contributed by atoms with van der Waals surface area (Å²) in [5.74, 6) is 0.0324. The highest BCUT2D eigenvalue weighted by Gasteiger charge is 2.21. The molecule has 5 nitrogen and oxygen atoms in total. The molecule has 0 spiro atoms. The number of carbonyl (C=O) groups excluding carboxylic acids is 2. The van der Waals surface area contributed by atoms with Crippen molar-refractivity contribution in [2.45, 2.75) is 12.8 Å². The molecule has 3 rings (SSSR count). The lowest BCUT2D eigenvalue weighted by Gasteiger charge is -2.16. The predicted molar refractivity (Wildman–Crippen MR) is 99.3 cm³/mol. The molecule has 6 heteroatoms. The Morgan fingerprint density at radius 3 is 2.58 bits per heavy atom. The van der Waals surface area contributed by atoms with Crippen LogP contribution >= 0.6 is 15.9 Å². The van der Waals surface area contributed by atoms with Gasteiger partial charge in [-0.25, -0.2) is 0 Å². The van der Waals surface area contributed by atoms with Crippen LogP contribution in [0.1, 0.15) is 12.8 Å². The van der Waals surface area contributed by atoms with Crippen molar-refractivity contribution in [3.8, 4) is 0 Å². The maximum Gasteiger partial charge on any atom is 0.243 e. The molecule has 2 N–H and O–H groups in total. The molecule has 0 radical (unpaired) electrons. The molecule has 124 valence electrons. The Hall–Kier alpha value is -2.34. The van der Waals surface area contributed by atoms with Crippen LogP contribution in [-0.2, 0) is 9.59 Å². The summed E-state index contributed by atoms with van der Waals surface area (Å²) in [6.07, 6.45) is 1.51. The van der Waals surface area contributed by atoms with Crippen LogP contribution in [0.25, 0.3) is 0 Å². The molecule has 1 fully saturated rings. The predicted octanol–water partition coefficient (Wildman–Crippen LogP) is 3.63. The number of nitrogens with zero attached hydrogens (tertiary/aromatic N) is 1. The molecule has 0 bridgehead atoms. The number of hydrogen-bond acceptors (Lipinski definition) is 3. The van der Waals surface area contributed by atoms with Gasteiger partial charge >= 0.3 is 0 Å². The molecular formula is C18H18BrN3O2. The first-order valence-electron chi connectivity index (χ1n) is 7.81. The van der Waals surface area contributed by atoms with E-state index in [9.17, 15) is 9.59 Å². The Morgan fingerprint density at radius 1 is 1.12 bits per heavy atom. The van der Waals surface area contributed by atoms with Crippen LogP contribution in [0.3, 0.4) is 0 Å². The number of carbonyl (C=O) groups is 2. The summed E-state index contributed by atoms with van der Waals surface area (Å²) in [4.78, 5) is 25.5. The number of nitrogens with one attached hydrogen (secondary N) is 2. The second-order valence-electron chi connectivity index (χ2n) is 5.61. The zero-order valence-electron chi connectivity index (χ0n) is 13.1. The molecule has 1 aliphatic heterocycles. The first-order valence-corrected chi connectivity index (χ1v) is 8.61. The van der Waals surface area contributed by atoms with Gasteiger partial charge in [0.15, 0.2) is 0 Å². The third-order valence-electron chi connectivity index (χ3n) is 3.81. The first-order chi connectivity index (χ1) is 11.6. The number of hydrogen-bond donors (Lipinski definition) is 2. The van der Waals surface area contributed by atoms with Gasteiger partial charge in [-0.2, -0.15) is 0 Å². The SMILES string of the molecule is O=C(CNc1cccc(Br)c1)Nc1ccc(N2CCCC2=O)cc1. The number of anilines is 3. The van der Waals surface area contributed by atoms with E-state index in [2.05, 4.69) is 26.6 Å². The second-order valence-corrected chi connectivity index (χ2v) is 6.52. The lowest BCUT2D eigenvalue weighted by atomic mass is 10.2. The highest BCUT2D eigenvalue weighted by molar-refractivity contribution is 9.10. The standard InChI is InChI=1S/C18H18BrN3O2/c19-13-3-1-4-15(11-13)20-12-17(23)21-14-6-8-16(9-7-14)22-10-2-5-18(22)24/h1,3-4,6-9,11,20H,2,5,10,12H2,(H,21,23). The van der Waals surface area contributed by atoms with Gasteiger partial charge in [-0.15, -0.1) is 0 Å². The van der Waals surface area contributed by atoms with Crippen molar-refractivity contribution in [3.05, 3.63) is 53.0 Å². The Bertz CT molecular complexity index is 746. The second kappa shape index (κ2) is 7.49. The van der Waals surface area contributed by atoms with E-state index in [1.165, 1.54) is 0 Å². The Kier molecular flexibility index (Phi) is 5.15. The van der Waals surface area contributed by atoms with Crippen molar-refractivity contribution in [3.63, 3.8) is 0 Å². The van der Waals surface area contributed by atoms with Gasteiger partial charge in [-0.1, -0.05) is 22.0 Å². The van der Waals surface area contributed by atoms with Crippen LogP contribution in [0.4, 0.5) is 17.1 Å². The normalized spacial score (nSPS) is 13.9. The number of amides is 2. The zero-order valence-corrected chi connectivity index (χ0v) is 14.7. The van der Waals surface area contributed by atoms with E-state index in [0.29, 0.717) is 12.1 Å². The van der Waals surface area contributed by atoms with E-state index >= 15 is 0 Å². The summed E-state index contributed by atoms with van der Waals surface area (Å²) in [5, 5.41) is 5.91. The van der Waals surface area contributed by atoms with Crippen molar-refractivity contribution >= 4 is 44.8 Å². The van der Waals surface area contributed by atoms with Gasteiger partial charge in [0.2, 0.25) is 11.8 Å². The van der Waals surface area contributed by atoms with E-state index in [0.717, 1.165) is 28.8 Å². The van der Waals surface area contributed by atoms with Crippen molar-refractivity contribution in [2.75, 3.05) is 28.6 Å². The molecule has 24 heavy (non-hydrogen) atoms. The lowest BCUT2D eigenvalue weighted by Crippen LogP contribution is -2.24. The molecule has 0 atom stereocenters. The summed E-state index contributed by atoms with van der Waals surface area (Å²) >= 11 is 3.39. The van der Waals surface area contributed by atoms with Crippen molar-refractivity contribution < 1.29 is 9.59 Å². The topological polar surface area (TPSA) is 61.4 Å². The van der Waals surface area contributed by atoms with Crippen LogP contribution in [0.5, 0.6) is 0 Å². The zero-order chi connectivity index (χ0) is 16.9. The average molecular weight is 388 g/mol. The number of rotatable bonds is 5. The molecular weight excluding hydrogens is 370 g/mol. The number of benzene rings is 2. The molecule has 1 heterocycles. The van der Waals surface area contributed by atoms with Gasteiger partial charge in [0.1, 0.15) is 0 Å². The molecule has 1 aliphatic rings. The third-order valence-corrected chi connectivity index (χ3v) is 4.31. The molecule has 0 unspecified atom stereocenters. The molecule has 0 aromatic heterocycles. The fraction of sp³-hybridized carbons (Fsp3) is 0.222. The Labute approximate surface area is 149 Å². The summed E-state index contributed by atoms with van der Waals surface area (Å²) in [6.45, 7) is 0.948. The van der Waals surface area contributed by atoms with E-state index < -0.39 is 0 Å². The molecule has 0 aliphatic carbocycles. The van der Waals surface area contributed by atoms with E-state index in [1.807, 2.05) is 48.5 Å². The average Bonchev–Trinajstić information content (AvgIpc) is 3.00. The van der Waals surface area contributed by atoms with Crippen molar-refractivity contribution in [2.24, 2.45) is 0 Å². The summed E-state index contributed by atoms with van der Waals surface area (Å²) < 4.78 is 0.958. The van der Waals surface area contributed by atoms with Crippen LogP contribution in [0.15, 0.2) is 53.0 Å². The first kappa shape index (κ1) is 16.5. The maximum atomic E-state index is 12.0. The molecule has 2 aromatic carbocycles. The van der Waals surface area contributed by atoms with Gasteiger partial charge in [-0.05, 0) is 48.9 Å². The van der Waals surface area contributed by atoms with Crippen molar-refractivity contribution in [1.29, 1.82) is 0 Å². The highest BCUT2D eigenvalue weighted by Crippen LogP contribution is 2.23. The van der Waals surface area contributed by atoms with Crippen LogP contribution in [-0.4, -0.2) is 24.9 Å². The quantitative estimate of drug-likeness (QED) is 0.823. The highest BCUT2D eigenvalue weighted by atomic mass is 79.9. The minimum absolute atomic E-state index is 0.125. The minimum atomic E-state index is -0.125.